The predicted octanol–water partition coefficient (Wildman–Crippen LogP) is 5.05. The Hall–Kier alpha value is -4.86. The summed E-state index contributed by atoms with van der Waals surface area (Å²) in [5.41, 5.74) is 7.36. The molecule has 2 aromatic carbocycles. The van der Waals surface area contributed by atoms with Crippen molar-refractivity contribution in [1.29, 1.82) is 0 Å². The number of nitrogens with one attached hydrogen (secondary N) is 2. The Morgan fingerprint density at radius 2 is 1.75 bits per heavy atom. The number of anilines is 4. The largest absolute Gasteiger partial charge is 0.494 e. The number of rotatable bonds is 7. The fourth-order valence-corrected chi connectivity index (χ4v) is 6.29. The molecule has 226 valence electrons. The minimum Gasteiger partial charge on any atom is -0.494 e. The van der Waals surface area contributed by atoms with Gasteiger partial charge in [-0.15, -0.1) is 0 Å². The summed E-state index contributed by atoms with van der Waals surface area (Å²) < 4.78 is 7.75. The summed E-state index contributed by atoms with van der Waals surface area (Å²) in [7, 11) is 1.65. The third kappa shape index (κ3) is 5.25. The van der Waals surface area contributed by atoms with Gasteiger partial charge in [0.1, 0.15) is 11.6 Å². The lowest BCUT2D eigenvalue weighted by molar-refractivity contribution is -0.132. The summed E-state index contributed by atoms with van der Waals surface area (Å²) in [6, 6.07) is 13.9. The zero-order valence-corrected chi connectivity index (χ0v) is 25.4. The quantitative estimate of drug-likeness (QED) is 0.310. The van der Waals surface area contributed by atoms with E-state index in [0.717, 1.165) is 97.1 Å². The van der Waals surface area contributed by atoms with Gasteiger partial charge in [-0.05, 0) is 68.9 Å². The van der Waals surface area contributed by atoms with E-state index < -0.39 is 0 Å². The average molecular weight is 592 g/mol. The number of hydrogen-bond donors (Lipinski definition) is 2. The number of amides is 2. The second kappa shape index (κ2) is 11.3. The predicted molar refractivity (Wildman–Crippen MR) is 170 cm³/mol. The fraction of sp³-hybridized carbons (Fsp3) is 0.353. The van der Waals surface area contributed by atoms with E-state index in [-0.39, 0.29) is 11.8 Å². The molecule has 2 aliphatic heterocycles. The molecule has 3 aliphatic rings. The molecule has 1 saturated heterocycles. The molecule has 4 heterocycles. The highest BCUT2D eigenvalue weighted by atomic mass is 16.5. The SMILES string of the molecule is COc1cc(N2CCN(C(=O)C3CC3)CC2)ccc1Nc1ncc2c(n1)-n1ccc(C(=O)Nc3c(C)cccc3C)c1CC2. The van der Waals surface area contributed by atoms with Gasteiger partial charge in [-0.1, -0.05) is 18.2 Å². The summed E-state index contributed by atoms with van der Waals surface area (Å²) in [4.78, 5) is 39.6. The first-order valence-electron chi connectivity index (χ1n) is 15.3. The highest BCUT2D eigenvalue weighted by Crippen LogP contribution is 2.35. The molecule has 10 heteroatoms. The third-order valence-electron chi connectivity index (χ3n) is 8.97. The first kappa shape index (κ1) is 27.9. The van der Waals surface area contributed by atoms with Crippen molar-refractivity contribution >= 4 is 34.8 Å². The number of piperazine rings is 1. The number of aryl methyl sites for hydroxylation is 3. The van der Waals surface area contributed by atoms with Crippen molar-refractivity contribution in [1.82, 2.24) is 19.4 Å². The van der Waals surface area contributed by atoms with Gasteiger partial charge in [0.15, 0.2) is 0 Å². The second-order valence-electron chi connectivity index (χ2n) is 11.9. The van der Waals surface area contributed by atoms with Crippen molar-refractivity contribution in [3.8, 4) is 11.6 Å². The van der Waals surface area contributed by atoms with Gasteiger partial charge in [-0.25, -0.2) is 4.98 Å². The van der Waals surface area contributed by atoms with Crippen molar-refractivity contribution < 1.29 is 14.3 Å². The lowest BCUT2D eigenvalue weighted by atomic mass is 10.0. The lowest BCUT2D eigenvalue weighted by Gasteiger charge is -2.36. The van der Waals surface area contributed by atoms with E-state index in [1.54, 1.807) is 7.11 Å². The smallest absolute Gasteiger partial charge is 0.257 e. The molecule has 10 nitrogen and oxygen atoms in total. The Kier molecular flexibility index (Phi) is 7.20. The highest BCUT2D eigenvalue weighted by Gasteiger charge is 2.34. The van der Waals surface area contributed by atoms with E-state index in [1.807, 2.05) is 72.1 Å². The molecule has 0 atom stereocenters. The van der Waals surface area contributed by atoms with Gasteiger partial charge in [0.05, 0.1) is 18.4 Å². The van der Waals surface area contributed by atoms with Crippen molar-refractivity contribution in [3.63, 3.8) is 0 Å². The van der Waals surface area contributed by atoms with E-state index >= 15 is 0 Å². The van der Waals surface area contributed by atoms with Gasteiger partial charge in [0.25, 0.3) is 5.91 Å². The molecule has 0 spiro atoms. The molecule has 0 unspecified atom stereocenters. The number of hydrogen-bond acceptors (Lipinski definition) is 7. The Morgan fingerprint density at radius 3 is 2.48 bits per heavy atom. The average Bonchev–Trinajstić information content (AvgIpc) is 3.80. The number of nitrogens with zero attached hydrogens (tertiary/aromatic N) is 5. The maximum Gasteiger partial charge on any atom is 0.257 e. The number of methoxy groups -OCH3 is 1. The summed E-state index contributed by atoms with van der Waals surface area (Å²) in [5.74, 6) is 2.36. The molecule has 0 radical (unpaired) electrons. The number of carbonyl (C=O) groups excluding carboxylic acids is 2. The molecular weight excluding hydrogens is 554 g/mol. The first-order valence-corrected chi connectivity index (χ1v) is 15.3. The molecule has 2 aromatic heterocycles. The van der Waals surface area contributed by atoms with Crippen LogP contribution in [0.25, 0.3) is 5.82 Å². The zero-order valence-electron chi connectivity index (χ0n) is 25.4. The Balaban J connectivity index is 1.08. The molecule has 7 rings (SSSR count). The van der Waals surface area contributed by atoms with Crippen LogP contribution in [-0.2, 0) is 17.6 Å². The van der Waals surface area contributed by atoms with Crippen LogP contribution >= 0.6 is 0 Å². The van der Waals surface area contributed by atoms with Gasteiger partial charge in [0.2, 0.25) is 11.9 Å². The molecule has 2 amide bonds. The van der Waals surface area contributed by atoms with Crippen molar-refractivity contribution in [2.45, 2.75) is 39.5 Å². The number of carbonyl (C=O) groups is 2. The van der Waals surface area contributed by atoms with E-state index in [2.05, 4.69) is 26.6 Å². The van der Waals surface area contributed by atoms with E-state index in [9.17, 15) is 9.59 Å². The van der Waals surface area contributed by atoms with Crippen LogP contribution in [-0.4, -0.2) is 64.5 Å². The molecule has 0 bridgehead atoms. The minimum atomic E-state index is -0.118. The van der Waals surface area contributed by atoms with Crippen LogP contribution in [0.15, 0.2) is 54.9 Å². The molecule has 2 fully saturated rings. The lowest BCUT2D eigenvalue weighted by Crippen LogP contribution is -2.49. The number of fused-ring (bicyclic) bond motifs is 3. The molecule has 1 saturated carbocycles. The van der Waals surface area contributed by atoms with Gasteiger partial charge in [-0.2, -0.15) is 4.98 Å². The van der Waals surface area contributed by atoms with E-state index in [4.69, 9.17) is 9.72 Å². The van der Waals surface area contributed by atoms with Crippen LogP contribution in [0.1, 0.15) is 45.6 Å². The summed E-state index contributed by atoms with van der Waals surface area (Å²) in [5, 5.41) is 6.46. The maximum absolute atomic E-state index is 13.4. The van der Waals surface area contributed by atoms with Crippen LogP contribution in [0.3, 0.4) is 0 Å². The Bertz CT molecular complexity index is 1730. The van der Waals surface area contributed by atoms with E-state index in [1.165, 1.54) is 0 Å². The number of para-hydroxylation sites is 1. The maximum atomic E-state index is 13.4. The zero-order chi connectivity index (χ0) is 30.4. The number of ether oxygens (including phenoxy) is 1. The van der Waals surface area contributed by atoms with Crippen molar-refractivity contribution in [2.24, 2.45) is 5.92 Å². The fourth-order valence-electron chi connectivity index (χ4n) is 6.29. The van der Waals surface area contributed by atoms with Crippen LogP contribution in [0.5, 0.6) is 5.75 Å². The Labute approximate surface area is 257 Å². The van der Waals surface area contributed by atoms with Gasteiger partial charge >= 0.3 is 0 Å². The number of aromatic nitrogens is 3. The highest BCUT2D eigenvalue weighted by molar-refractivity contribution is 6.06. The first-order chi connectivity index (χ1) is 21.4. The Morgan fingerprint density at radius 1 is 0.977 bits per heavy atom. The minimum absolute atomic E-state index is 0.118. The summed E-state index contributed by atoms with van der Waals surface area (Å²) in [6.45, 7) is 7.09. The summed E-state index contributed by atoms with van der Waals surface area (Å²) >= 11 is 0. The normalized spacial score (nSPS) is 15.8. The van der Waals surface area contributed by atoms with Crippen LogP contribution in [0.4, 0.5) is 23.0 Å². The van der Waals surface area contributed by atoms with Crippen LogP contribution < -0.4 is 20.3 Å². The van der Waals surface area contributed by atoms with Gasteiger partial charge in [-0.3, -0.25) is 9.59 Å². The molecular formula is C34H37N7O3. The molecule has 44 heavy (non-hydrogen) atoms. The van der Waals surface area contributed by atoms with Crippen LogP contribution in [0.2, 0.25) is 0 Å². The monoisotopic (exact) mass is 591 g/mol. The van der Waals surface area contributed by atoms with Crippen molar-refractivity contribution in [3.05, 3.63) is 82.8 Å². The standard InChI is InChI=1S/C34H37N7O3/c1-21-5-4-6-22(2)30(21)37-32(42)26-13-14-41-28(26)12-9-24-20-35-34(38-31(24)41)36-27-11-10-25(19-29(27)44-3)39-15-17-40(18-16-39)33(43)23-7-8-23/h4-6,10-11,13-14,19-20,23H,7-9,12,15-18H2,1-3H3,(H,37,42)(H,35,36,38). The second-order valence-corrected chi connectivity index (χ2v) is 11.9. The molecule has 1 aliphatic carbocycles. The van der Waals surface area contributed by atoms with Gasteiger partial charge < -0.3 is 29.7 Å². The van der Waals surface area contributed by atoms with Gasteiger partial charge in [0, 0.05) is 73.2 Å². The van der Waals surface area contributed by atoms with Crippen molar-refractivity contribution in [2.75, 3.05) is 48.8 Å². The van der Waals surface area contributed by atoms with Crippen LogP contribution in [0, 0.1) is 19.8 Å². The third-order valence-corrected chi connectivity index (χ3v) is 8.97. The van der Waals surface area contributed by atoms with E-state index in [0.29, 0.717) is 23.2 Å². The topological polar surface area (TPSA) is 105 Å². The number of benzene rings is 2. The molecule has 4 aromatic rings. The summed E-state index contributed by atoms with van der Waals surface area (Å²) in [6.07, 6.45) is 7.32. The molecule has 2 N–H and O–H groups in total.